The molecule has 0 saturated heterocycles. The van der Waals surface area contributed by atoms with Gasteiger partial charge in [0.05, 0.1) is 0 Å². The molecule has 3 heteroatoms. The molecule has 98 valence electrons. The molecule has 0 aromatic carbocycles. The summed E-state index contributed by atoms with van der Waals surface area (Å²) in [4.78, 5) is 23.2. The molecule has 0 bridgehead atoms. The van der Waals surface area contributed by atoms with Gasteiger partial charge in [-0.2, -0.15) is 0 Å². The van der Waals surface area contributed by atoms with Crippen molar-refractivity contribution < 1.29 is 14.7 Å². The fourth-order valence-electron chi connectivity index (χ4n) is 3.20. The first-order chi connectivity index (χ1) is 7.93. The maximum absolute atomic E-state index is 12.2. The third-order valence-corrected chi connectivity index (χ3v) is 4.27. The number of ketones is 1. The average molecular weight is 239 g/mol. The molecule has 2 unspecified atom stereocenters. The molecular weight excluding hydrogens is 216 g/mol. The lowest BCUT2D eigenvalue weighted by Crippen LogP contribution is -2.44. The number of Topliss-reactive ketones (excluding diaryl/α,β-unsaturated/α-hetero) is 1. The number of carbonyl (C=O) groups excluding carboxylic acids is 2. The normalized spacial score (nSPS) is 29.3. The van der Waals surface area contributed by atoms with Crippen molar-refractivity contribution in [1.82, 2.24) is 0 Å². The van der Waals surface area contributed by atoms with Crippen LogP contribution in [0.25, 0.3) is 0 Å². The monoisotopic (exact) mass is 239 g/mol. The van der Waals surface area contributed by atoms with Gasteiger partial charge in [0.2, 0.25) is 0 Å². The number of carboxylic acid groups (broad SMARTS) is 1. The summed E-state index contributed by atoms with van der Waals surface area (Å²) in [6.07, 6.45) is 4.55. The van der Waals surface area contributed by atoms with Crippen LogP contribution in [0.2, 0.25) is 0 Å². The highest BCUT2D eigenvalue weighted by atomic mass is 16.4. The maximum Gasteiger partial charge on any atom is 0.139 e. The van der Waals surface area contributed by atoms with Crippen molar-refractivity contribution in [3.63, 3.8) is 0 Å². The second-order valence-electron chi connectivity index (χ2n) is 5.62. The molecule has 0 radical (unpaired) electrons. The lowest BCUT2D eigenvalue weighted by molar-refractivity contribution is -0.309. The van der Waals surface area contributed by atoms with Gasteiger partial charge in [-0.05, 0) is 31.1 Å². The van der Waals surface area contributed by atoms with Gasteiger partial charge in [-0.1, -0.05) is 33.6 Å². The first-order valence-electron chi connectivity index (χ1n) is 6.66. The summed E-state index contributed by atoms with van der Waals surface area (Å²) in [6, 6.07) is 0. The Morgan fingerprint density at radius 2 is 2.00 bits per heavy atom. The van der Waals surface area contributed by atoms with Crippen LogP contribution >= 0.6 is 0 Å². The Bertz CT molecular complexity index is 296. The van der Waals surface area contributed by atoms with Crippen molar-refractivity contribution in [3.8, 4) is 0 Å². The van der Waals surface area contributed by atoms with E-state index in [0.717, 1.165) is 32.1 Å². The molecule has 3 nitrogen and oxygen atoms in total. The van der Waals surface area contributed by atoms with E-state index >= 15 is 0 Å². The number of hydrogen-bond acceptors (Lipinski definition) is 3. The van der Waals surface area contributed by atoms with Crippen LogP contribution in [-0.2, 0) is 9.59 Å². The molecule has 1 aliphatic carbocycles. The third-order valence-electron chi connectivity index (χ3n) is 4.27. The van der Waals surface area contributed by atoms with Gasteiger partial charge in [0.15, 0.2) is 0 Å². The molecule has 1 saturated carbocycles. The molecule has 0 aliphatic heterocycles. The van der Waals surface area contributed by atoms with E-state index in [1.165, 1.54) is 0 Å². The van der Waals surface area contributed by atoms with Crippen LogP contribution in [-0.4, -0.2) is 11.8 Å². The van der Waals surface area contributed by atoms with Crippen LogP contribution in [0.1, 0.15) is 59.3 Å². The fraction of sp³-hybridized carbons (Fsp3) is 0.857. The molecule has 1 rings (SSSR count). The fourth-order valence-corrected chi connectivity index (χ4v) is 3.20. The smallest absolute Gasteiger partial charge is 0.139 e. The van der Waals surface area contributed by atoms with E-state index in [2.05, 4.69) is 0 Å². The zero-order valence-corrected chi connectivity index (χ0v) is 11.1. The van der Waals surface area contributed by atoms with Crippen LogP contribution in [0, 0.1) is 17.3 Å². The second kappa shape index (κ2) is 5.65. The minimum absolute atomic E-state index is 0.00854. The summed E-state index contributed by atoms with van der Waals surface area (Å²) in [5, 5.41) is 10.9. The summed E-state index contributed by atoms with van der Waals surface area (Å²) >= 11 is 0. The van der Waals surface area contributed by atoms with Crippen molar-refractivity contribution in [3.05, 3.63) is 0 Å². The Labute approximate surface area is 104 Å². The number of hydrogen-bond donors (Lipinski definition) is 0. The molecule has 0 aromatic rings. The van der Waals surface area contributed by atoms with Gasteiger partial charge in [-0.15, -0.1) is 0 Å². The van der Waals surface area contributed by atoms with Gasteiger partial charge in [0, 0.05) is 17.8 Å². The Kier molecular flexibility index (Phi) is 4.72. The standard InChI is InChI=1S/C14H24O3/c1-4-14(9-12(15)16)8-6-5-7-11(14)13(17)10(2)3/h10-11H,4-9H2,1-3H3,(H,15,16)/p-1. The van der Waals surface area contributed by atoms with Crippen LogP contribution < -0.4 is 5.11 Å². The summed E-state index contributed by atoms with van der Waals surface area (Å²) in [5.74, 6) is -0.881. The Hall–Kier alpha value is -0.860. The number of carbonyl (C=O) groups is 2. The highest BCUT2D eigenvalue weighted by Crippen LogP contribution is 2.47. The second-order valence-corrected chi connectivity index (χ2v) is 5.62. The highest BCUT2D eigenvalue weighted by molar-refractivity contribution is 5.84. The molecule has 0 aromatic heterocycles. The molecule has 17 heavy (non-hydrogen) atoms. The number of aliphatic carboxylic acids is 1. The summed E-state index contributed by atoms with van der Waals surface area (Å²) in [5.41, 5.74) is -0.349. The summed E-state index contributed by atoms with van der Waals surface area (Å²) < 4.78 is 0. The predicted octanol–water partition coefficient (Wildman–Crippen LogP) is 1.94. The van der Waals surface area contributed by atoms with E-state index in [0.29, 0.717) is 0 Å². The van der Waals surface area contributed by atoms with Gasteiger partial charge in [-0.3, -0.25) is 4.79 Å². The van der Waals surface area contributed by atoms with Crippen molar-refractivity contribution in [2.75, 3.05) is 0 Å². The van der Waals surface area contributed by atoms with E-state index in [1.807, 2.05) is 20.8 Å². The summed E-state index contributed by atoms with van der Waals surface area (Å²) in [6.45, 7) is 5.79. The lowest BCUT2D eigenvalue weighted by atomic mass is 9.60. The third kappa shape index (κ3) is 3.08. The molecule has 2 atom stereocenters. The van der Waals surface area contributed by atoms with Gasteiger partial charge in [0.1, 0.15) is 5.78 Å². The van der Waals surface area contributed by atoms with Crippen molar-refractivity contribution in [2.45, 2.75) is 59.3 Å². The topological polar surface area (TPSA) is 57.2 Å². The maximum atomic E-state index is 12.2. The SMILES string of the molecule is CCC1(CC(=O)[O-])CCCCC1C(=O)C(C)C. The van der Waals surface area contributed by atoms with Gasteiger partial charge >= 0.3 is 0 Å². The van der Waals surface area contributed by atoms with E-state index in [9.17, 15) is 14.7 Å². The number of rotatable bonds is 5. The van der Waals surface area contributed by atoms with Crippen molar-refractivity contribution in [2.24, 2.45) is 17.3 Å². The Morgan fingerprint density at radius 1 is 1.35 bits per heavy atom. The predicted molar refractivity (Wildman–Crippen MR) is 64.2 cm³/mol. The molecule has 0 N–H and O–H groups in total. The highest BCUT2D eigenvalue weighted by Gasteiger charge is 2.43. The lowest BCUT2D eigenvalue weighted by Gasteiger charge is -2.44. The van der Waals surface area contributed by atoms with Crippen molar-refractivity contribution in [1.29, 1.82) is 0 Å². The van der Waals surface area contributed by atoms with Gasteiger partial charge in [0.25, 0.3) is 0 Å². The molecule has 1 aliphatic rings. The van der Waals surface area contributed by atoms with E-state index in [1.54, 1.807) is 0 Å². The quantitative estimate of drug-likeness (QED) is 0.736. The minimum atomic E-state index is -1.02. The first kappa shape index (κ1) is 14.2. The zero-order chi connectivity index (χ0) is 13.1. The van der Waals surface area contributed by atoms with Crippen LogP contribution in [0.3, 0.4) is 0 Å². The Morgan fingerprint density at radius 3 is 2.47 bits per heavy atom. The first-order valence-corrected chi connectivity index (χ1v) is 6.66. The van der Waals surface area contributed by atoms with E-state index in [4.69, 9.17) is 0 Å². The largest absolute Gasteiger partial charge is 0.550 e. The molecule has 0 spiro atoms. The molecule has 0 amide bonds. The molecule has 1 fully saturated rings. The van der Waals surface area contributed by atoms with E-state index < -0.39 is 5.97 Å². The van der Waals surface area contributed by atoms with Crippen LogP contribution in [0.4, 0.5) is 0 Å². The average Bonchev–Trinajstić information content (AvgIpc) is 2.27. The molecular formula is C14H23O3-. The minimum Gasteiger partial charge on any atom is -0.550 e. The van der Waals surface area contributed by atoms with Gasteiger partial charge in [-0.25, -0.2) is 0 Å². The van der Waals surface area contributed by atoms with E-state index in [-0.39, 0.29) is 29.5 Å². The van der Waals surface area contributed by atoms with Crippen LogP contribution in [0.15, 0.2) is 0 Å². The van der Waals surface area contributed by atoms with Crippen LogP contribution in [0.5, 0.6) is 0 Å². The van der Waals surface area contributed by atoms with Gasteiger partial charge < -0.3 is 9.90 Å². The van der Waals surface area contributed by atoms with Crippen molar-refractivity contribution >= 4 is 11.8 Å². The zero-order valence-electron chi connectivity index (χ0n) is 11.1. The molecule has 0 heterocycles. The Balaban J connectivity index is 2.96. The number of carboxylic acids is 1. The summed E-state index contributed by atoms with van der Waals surface area (Å²) in [7, 11) is 0.